The van der Waals surface area contributed by atoms with E-state index in [1.54, 1.807) is 0 Å². The van der Waals surface area contributed by atoms with Gasteiger partial charge in [-0.05, 0) is 112 Å². The van der Waals surface area contributed by atoms with Crippen LogP contribution in [-0.4, -0.2) is 0 Å². The van der Waals surface area contributed by atoms with Gasteiger partial charge in [-0.2, -0.15) is 0 Å². The lowest BCUT2D eigenvalue weighted by Crippen LogP contribution is -1.92. The summed E-state index contributed by atoms with van der Waals surface area (Å²) in [5.74, 6) is 0. The van der Waals surface area contributed by atoms with E-state index in [1.807, 2.05) is 0 Å². The predicted molar refractivity (Wildman–Crippen MR) is 190 cm³/mol. The highest BCUT2D eigenvalue weighted by Gasteiger charge is 2.18. The van der Waals surface area contributed by atoms with E-state index in [9.17, 15) is 0 Å². The first-order chi connectivity index (χ1) is 21.8. The summed E-state index contributed by atoms with van der Waals surface area (Å²) in [5.41, 5.74) is 7.56. The quantitative estimate of drug-likeness (QED) is 0.190. The number of hydrogen-bond acceptors (Lipinski definition) is 0. The molecule has 0 unspecified atom stereocenters. The summed E-state index contributed by atoms with van der Waals surface area (Å²) in [6.45, 7) is 0. The Morgan fingerprint density at radius 1 is 0.205 bits per heavy atom. The first-order valence-corrected chi connectivity index (χ1v) is 15.3. The largest absolute Gasteiger partial charge is 0.0622 e. The minimum absolute atomic E-state index is 1.23. The molecule has 0 radical (unpaired) electrons. The van der Waals surface area contributed by atoms with Crippen molar-refractivity contribution in [2.24, 2.45) is 0 Å². The van der Waals surface area contributed by atoms with E-state index in [2.05, 4.69) is 170 Å². The van der Waals surface area contributed by atoms with E-state index in [1.165, 1.54) is 87.2 Å². The summed E-state index contributed by atoms with van der Waals surface area (Å²) >= 11 is 0. The topological polar surface area (TPSA) is 0 Å². The molecule has 9 aromatic carbocycles. The van der Waals surface area contributed by atoms with Crippen LogP contribution in [0.25, 0.3) is 87.2 Å². The van der Waals surface area contributed by atoms with Gasteiger partial charge in [0.05, 0.1) is 0 Å². The summed E-state index contributed by atoms with van der Waals surface area (Å²) in [6.07, 6.45) is 0. The van der Waals surface area contributed by atoms with Gasteiger partial charge in [0.1, 0.15) is 0 Å². The molecule has 204 valence electrons. The molecule has 0 bridgehead atoms. The molecule has 0 saturated heterocycles. The van der Waals surface area contributed by atoms with E-state index in [0.717, 1.165) is 0 Å². The monoisotopic (exact) mass is 556 g/mol. The molecule has 0 saturated carbocycles. The third-order valence-corrected chi connectivity index (χ3v) is 9.22. The Bertz CT molecular complexity index is 2530. The molecule has 0 nitrogen and oxygen atoms in total. The smallest absolute Gasteiger partial charge is 0.00923 e. The normalized spacial score (nSPS) is 11.6. The fourth-order valence-electron chi connectivity index (χ4n) is 7.18. The molecule has 0 N–H and O–H groups in total. The van der Waals surface area contributed by atoms with Crippen molar-refractivity contribution < 1.29 is 0 Å². The van der Waals surface area contributed by atoms with Crippen LogP contribution in [0.2, 0.25) is 0 Å². The third kappa shape index (κ3) is 3.85. The van der Waals surface area contributed by atoms with Crippen LogP contribution in [0.15, 0.2) is 170 Å². The molecule has 0 aliphatic rings. The van der Waals surface area contributed by atoms with Crippen LogP contribution in [0.1, 0.15) is 0 Å². The minimum atomic E-state index is 1.23. The van der Waals surface area contributed by atoms with Crippen LogP contribution in [0.4, 0.5) is 0 Å². The Kier molecular flexibility index (Phi) is 5.61. The van der Waals surface area contributed by atoms with Crippen LogP contribution in [-0.2, 0) is 0 Å². The second-order valence-electron chi connectivity index (χ2n) is 11.7. The fraction of sp³-hybridized carbons (Fsp3) is 0. The van der Waals surface area contributed by atoms with Gasteiger partial charge in [-0.3, -0.25) is 0 Å². The van der Waals surface area contributed by atoms with E-state index < -0.39 is 0 Å². The number of hydrogen-bond donors (Lipinski definition) is 0. The van der Waals surface area contributed by atoms with Crippen molar-refractivity contribution in [1.82, 2.24) is 0 Å². The molecule has 9 rings (SSSR count). The average molecular weight is 557 g/mol. The molecule has 0 aliphatic heterocycles. The Morgan fingerprint density at radius 3 is 1.30 bits per heavy atom. The zero-order valence-electron chi connectivity index (χ0n) is 24.2. The molecule has 0 heteroatoms. The molecular weight excluding hydrogens is 528 g/mol. The van der Waals surface area contributed by atoms with Gasteiger partial charge in [-0.25, -0.2) is 0 Å². The van der Waals surface area contributed by atoms with Crippen LogP contribution in [0.5, 0.6) is 0 Å². The molecule has 9 aromatic rings. The summed E-state index contributed by atoms with van der Waals surface area (Å²) in [5, 5.41) is 12.7. The summed E-state index contributed by atoms with van der Waals surface area (Å²) in [7, 11) is 0. The van der Waals surface area contributed by atoms with E-state index >= 15 is 0 Å². The van der Waals surface area contributed by atoms with Crippen molar-refractivity contribution in [1.29, 1.82) is 0 Å². The number of benzene rings is 9. The van der Waals surface area contributed by atoms with Crippen LogP contribution < -0.4 is 0 Å². The van der Waals surface area contributed by atoms with Crippen molar-refractivity contribution in [3.63, 3.8) is 0 Å². The summed E-state index contributed by atoms with van der Waals surface area (Å²) in [6, 6.07) is 62.4. The maximum absolute atomic E-state index is 2.45. The van der Waals surface area contributed by atoms with E-state index in [4.69, 9.17) is 0 Å². The summed E-state index contributed by atoms with van der Waals surface area (Å²) < 4.78 is 0. The van der Waals surface area contributed by atoms with E-state index in [0.29, 0.717) is 0 Å². The average Bonchev–Trinajstić information content (AvgIpc) is 3.10. The highest BCUT2D eigenvalue weighted by molar-refractivity contribution is 6.25. The molecule has 44 heavy (non-hydrogen) atoms. The first kappa shape index (κ1) is 24.8. The van der Waals surface area contributed by atoms with Crippen molar-refractivity contribution >= 4 is 53.9 Å². The number of rotatable bonds is 3. The van der Waals surface area contributed by atoms with Crippen LogP contribution >= 0.6 is 0 Å². The zero-order chi connectivity index (χ0) is 29.0. The van der Waals surface area contributed by atoms with Crippen molar-refractivity contribution in [3.8, 4) is 33.4 Å². The fourth-order valence-corrected chi connectivity index (χ4v) is 7.18. The van der Waals surface area contributed by atoms with Crippen molar-refractivity contribution in [2.75, 3.05) is 0 Å². The lowest BCUT2D eigenvalue weighted by molar-refractivity contribution is 1.63. The Hall–Kier alpha value is -5.72. The van der Waals surface area contributed by atoms with Gasteiger partial charge in [-0.15, -0.1) is 0 Å². The second-order valence-corrected chi connectivity index (χ2v) is 11.7. The maximum Gasteiger partial charge on any atom is -0.00923 e. The lowest BCUT2D eigenvalue weighted by atomic mass is 9.84. The number of fused-ring (bicyclic) bond motifs is 7. The summed E-state index contributed by atoms with van der Waals surface area (Å²) in [4.78, 5) is 0. The highest BCUT2D eigenvalue weighted by Crippen LogP contribution is 2.45. The molecule has 0 spiro atoms. The third-order valence-electron chi connectivity index (χ3n) is 9.22. The standard InChI is InChI=1S/C44H28/c1-2-13-30(14-3-1)39-25-31-16-4-5-17-32(31)26-40(39)42-28-44-36-21-9-8-20-35(36)41(27-43(44)38-23-11-10-22-37(38)42)34-24-12-18-29-15-6-7-19-33(29)34/h1-28H. The van der Waals surface area contributed by atoms with E-state index in [-0.39, 0.29) is 0 Å². The first-order valence-electron chi connectivity index (χ1n) is 15.3. The molecule has 0 aliphatic carbocycles. The van der Waals surface area contributed by atoms with Gasteiger partial charge < -0.3 is 0 Å². The lowest BCUT2D eigenvalue weighted by Gasteiger charge is -2.19. The predicted octanol–water partition coefficient (Wildman–Crippen LogP) is 12.5. The molecular formula is C44H28. The Morgan fingerprint density at radius 2 is 0.659 bits per heavy atom. The van der Waals surface area contributed by atoms with Gasteiger partial charge in [-0.1, -0.05) is 146 Å². The molecule has 0 aromatic heterocycles. The molecule has 0 fully saturated rings. The second kappa shape index (κ2) is 9.93. The van der Waals surface area contributed by atoms with Gasteiger partial charge >= 0.3 is 0 Å². The molecule has 0 atom stereocenters. The van der Waals surface area contributed by atoms with Crippen LogP contribution in [0.3, 0.4) is 0 Å². The van der Waals surface area contributed by atoms with Gasteiger partial charge in [0.2, 0.25) is 0 Å². The zero-order valence-corrected chi connectivity index (χ0v) is 24.2. The minimum Gasteiger partial charge on any atom is -0.0622 e. The highest BCUT2D eigenvalue weighted by atomic mass is 14.2. The SMILES string of the molecule is c1ccc(-c2cc3ccccc3cc2-c2cc3c4ccccc4c(-c4cccc5ccccc45)cc3c3ccccc23)cc1. The Labute approximate surface area is 256 Å². The molecule has 0 amide bonds. The Balaban J connectivity index is 1.42. The van der Waals surface area contributed by atoms with Crippen molar-refractivity contribution in [2.45, 2.75) is 0 Å². The van der Waals surface area contributed by atoms with Crippen molar-refractivity contribution in [3.05, 3.63) is 170 Å². The maximum atomic E-state index is 2.45. The van der Waals surface area contributed by atoms with Crippen LogP contribution in [0, 0.1) is 0 Å². The van der Waals surface area contributed by atoms with Gasteiger partial charge in [0, 0.05) is 0 Å². The molecule has 0 heterocycles. The van der Waals surface area contributed by atoms with Gasteiger partial charge in [0.15, 0.2) is 0 Å². The van der Waals surface area contributed by atoms with Gasteiger partial charge in [0.25, 0.3) is 0 Å².